The van der Waals surface area contributed by atoms with Gasteiger partial charge in [0.2, 0.25) is 10.0 Å². The van der Waals surface area contributed by atoms with E-state index in [0.29, 0.717) is 5.92 Å². The molecule has 1 N–H and O–H groups in total. The lowest BCUT2D eigenvalue weighted by molar-refractivity contribution is 0.423. The van der Waals surface area contributed by atoms with E-state index in [1.807, 2.05) is 13.8 Å². The minimum Gasteiger partial charge on any atom is -0.212 e. The molecule has 0 aliphatic carbocycles. The summed E-state index contributed by atoms with van der Waals surface area (Å²) in [6.45, 7) is 11.6. The van der Waals surface area contributed by atoms with Crippen LogP contribution in [-0.2, 0) is 10.0 Å². The highest BCUT2D eigenvalue weighted by atomic mass is 32.2. The minimum atomic E-state index is -3.19. The van der Waals surface area contributed by atoms with Crippen molar-refractivity contribution in [2.24, 2.45) is 5.92 Å². The molecule has 0 aromatic carbocycles. The molecule has 0 aliphatic heterocycles. The molecule has 0 rings (SSSR count). The first kappa shape index (κ1) is 17.6. The lowest BCUT2D eigenvalue weighted by Crippen LogP contribution is -2.46. The van der Waals surface area contributed by atoms with Crippen LogP contribution < -0.4 is 4.72 Å². The fourth-order valence-corrected chi connectivity index (χ4v) is 2.59. The number of sulfonamides is 1. The van der Waals surface area contributed by atoms with Gasteiger partial charge in [-0.05, 0) is 52.9 Å². The molecule has 0 unspecified atom stereocenters. The molecule has 0 spiro atoms. The molecule has 4 heteroatoms. The van der Waals surface area contributed by atoms with Crippen LogP contribution in [0.2, 0.25) is 0 Å². The summed E-state index contributed by atoms with van der Waals surface area (Å²) in [6, 6.07) is 0. The third-order valence-electron chi connectivity index (χ3n) is 2.75. The van der Waals surface area contributed by atoms with Gasteiger partial charge < -0.3 is 0 Å². The number of allylic oxidation sites excluding steroid dienone is 2. The maximum Gasteiger partial charge on any atom is 0.214 e. The Labute approximate surface area is 113 Å². The second-order valence-corrected chi connectivity index (χ2v) is 8.46. The van der Waals surface area contributed by atoms with Crippen molar-refractivity contribution in [2.45, 2.75) is 71.6 Å². The van der Waals surface area contributed by atoms with Crippen LogP contribution >= 0.6 is 0 Å². The van der Waals surface area contributed by atoms with E-state index in [4.69, 9.17) is 0 Å². The van der Waals surface area contributed by atoms with Crippen molar-refractivity contribution in [1.29, 1.82) is 0 Å². The van der Waals surface area contributed by atoms with E-state index in [-0.39, 0.29) is 10.8 Å². The average molecular weight is 275 g/mol. The van der Waals surface area contributed by atoms with Crippen LogP contribution in [0.15, 0.2) is 12.2 Å². The quantitative estimate of drug-likeness (QED) is 0.689. The van der Waals surface area contributed by atoms with Crippen LogP contribution in [0.5, 0.6) is 0 Å². The Balaban J connectivity index is 4.21. The second kappa shape index (κ2) is 7.29. The standard InChI is InChI=1S/C14H29NO2S/c1-12(2)10-8-7-9-11-14(5,6)15-18(16,17)13(3)4/h7-8,12-13,15H,9-11H2,1-6H3/b8-7+. The fraction of sp³-hybridized carbons (Fsp3) is 0.857. The Morgan fingerprint density at radius 3 is 2.11 bits per heavy atom. The zero-order valence-electron chi connectivity index (χ0n) is 12.7. The molecule has 0 amide bonds. The Morgan fingerprint density at radius 1 is 1.11 bits per heavy atom. The first-order chi connectivity index (χ1) is 8.07. The van der Waals surface area contributed by atoms with Crippen LogP contribution in [0.25, 0.3) is 0 Å². The molecule has 0 fully saturated rings. The Bertz CT molecular complexity index is 354. The molecule has 0 saturated heterocycles. The van der Waals surface area contributed by atoms with Gasteiger partial charge in [0.15, 0.2) is 0 Å². The highest BCUT2D eigenvalue weighted by Crippen LogP contribution is 2.15. The van der Waals surface area contributed by atoms with Crippen molar-refractivity contribution in [3.05, 3.63) is 12.2 Å². The molecule has 3 nitrogen and oxygen atoms in total. The summed E-state index contributed by atoms with van der Waals surface area (Å²) in [5.41, 5.74) is -0.384. The van der Waals surface area contributed by atoms with E-state index in [1.54, 1.807) is 13.8 Å². The van der Waals surface area contributed by atoms with Crippen molar-refractivity contribution >= 4 is 10.0 Å². The number of nitrogens with one attached hydrogen (secondary N) is 1. The molecule has 0 heterocycles. The molecule has 0 radical (unpaired) electrons. The van der Waals surface area contributed by atoms with E-state index in [2.05, 4.69) is 30.7 Å². The molecule has 18 heavy (non-hydrogen) atoms. The van der Waals surface area contributed by atoms with Crippen molar-refractivity contribution in [1.82, 2.24) is 4.72 Å². The van der Waals surface area contributed by atoms with Gasteiger partial charge in [0.05, 0.1) is 5.25 Å². The van der Waals surface area contributed by atoms with Crippen LogP contribution in [0.4, 0.5) is 0 Å². The fourth-order valence-electron chi connectivity index (χ4n) is 1.48. The SMILES string of the molecule is CC(C)C/C=C/CCC(C)(C)NS(=O)(=O)C(C)C. The largest absolute Gasteiger partial charge is 0.214 e. The number of rotatable bonds is 8. The summed E-state index contributed by atoms with van der Waals surface area (Å²) in [4.78, 5) is 0. The highest BCUT2D eigenvalue weighted by Gasteiger charge is 2.26. The molecular formula is C14H29NO2S. The average Bonchev–Trinajstić information content (AvgIpc) is 2.14. The molecular weight excluding hydrogens is 246 g/mol. The Hall–Kier alpha value is -0.350. The van der Waals surface area contributed by atoms with E-state index >= 15 is 0 Å². The highest BCUT2D eigenvalue weighted by molar-refractivity contribution is 7.90. The Morgan fingerprint density at radius 2 is 1.67 bits per heavy atom. The van der Waals surface area contributed by atoms with Crippen molar-refractivity contribution in [3.8, 4) is 0 Å². The zero-order valence-corrected chi connectivity index (χ0v) is 13.5. The van der Waals surface area contributed by atoms with Crippen LogP contribution in [0, 0.1) is 5.92 Å². The third kappa shape index (κ3) is 7.88. The maximum absolute atomic E-state index is 11.8. The maximum atomic E-state index is 11.8. The van der Waals surface area contributed by atoms with Gasteiger partial charge in [0.1, 0.15) is 0 Å². The Kier molecular flexibility index (Phi) is 7.15. The molecule has 0 saturated carbocycles. The van der Waals surface area contributed by atoms with Gasteiger partial charge in [-0.15, -0.1) is 0 Å². The monoisotopic (exact) mass is 275 g/mol. The predicted octanol–water partition coefficient (Wildman–Crippen LogP) is 3.48. The summed E-state index contributed by atoms with van der Waals surface area (Å²) in [7, 11) is -3.19. The van der Waals surface area contributed by atoms with Crippen molar-refractivity contribution in [2.75, 3.05) is 0 Å². The van der Waals surface area contributed by atoms with Crippen LogP contribution in [-0.4, -0.2) is 19.2 Å². The van der Waals surface area contributed by atoms with Gasteiger partial charge in [-0.2, -0.15) is 0 Å². The molecule has 0 aromatic heterocycles. The minimum absolute atomic E-state index is 0.381. The summed E-state index contributed by atoms with van der Waals surface area (Å²) < 4.78 is 26.4. The lowest BCUT2D eigenvalue weighted by atomic mass is 9.99. The van der Waals surface area contributed by atoms with Crippen LogP contribution in [0.3, 0.4) is 0 Å². The molecule has 108 valence electrons. The molecule has 0 atom stereocenters. The summed E-state index contributed by atoms with van der Waals surface area (Å²) in [5, 5.41) is -0.381. The molecule has 0 aliphatic rings. The van der Waals surface area contributed by atoms with Gasteiger partial charge in [0, 0.05) is 5.54 Å². The first-order valence-electron chi connectivity index (χ1n) is 6.74. The third-order valence-corrected chi connectivity index (χ3v) is 4.83. The van der Waals surface area contributed by atoms with E-state index in [0.717, 1.165) is 19.3 Å². The van der Waals surface area contributed by atoms with Crippen LogP contribution in [0.1, 0.15) is 60.8 Å². The lowest BCUT2D eigenvalue weighted by Gasteiger charge is -2.26. The van der Waals surface area contributed by atoms with Gasteiger partial charge in [0.25, 0.3) is 0 Å². The van der Waals surface area contributed by atoms with Gasteiger partial charge in [-0.1, -0.05) is 26.0 Å². The normalized spacial score (nSPS) is 14.0. The van der Waals surface area contributed by atoms with Crippen molar-refractivity contribution in [3.63, 3.8) is 0 Å². The van der Waals surface area contributed by atoms with Crippen molar-refractivity contribution < 1.29 is 8.42 Å². The summed E-state index contributed by atoms with van der Waals surface area (Å²) in [5.74, 6) is 0.675. The second-order valence-electron chi connectivity index (χ2n) is 6.22. The zero-order chi connectivity index (χ0) is 14.4. The van der Waals surface area contributed by atoms with E-state index in [9.17, 15) is 8.42 Å². The predicted molar refractivity (Wildman–Crippen MR) is 79.1 cm³/mol. The molecule has 0 aromatic rings. The molecule has 0 bridgehead atoms. The van der Waals surface area contributed by atoms with Gasteiger partial charge in [-0.3, -0.25) is 0 Å². The number of hydrogen-bond acceptors (Lipinski definition) is 2. The smallest absolute Gasteiger partial charge is 0.212 e. The van der Waals surface area contributed by atoms with E-state index < -0.39 is 10.0 Å². The number of hydrogen-bond donors (Lipinski definition) is 1. The summed E-state index contributed by atoms with van der Waals surface area (Å²) in [6.07, 6.45) is 7.12. The van der Waals surface area contributed by atoms with Gasteiger partial charge in [-0.25, -0.2) is 13.1 Å². The summed E-state index contributed by atoms with van der Waals surface area (Å²) >= 11 is 0. The van der Waals surface area contributed by atoms with E-state index in [1.165, 1.54) is 0 Å². The van der Waals surface area contributed by atoms with Gasteiger partial charge >= 0.3 is 0 Å². The first-order valence-corrected chi connectivity index (χ1v) is 8.29. The topological polar surface area (TPSA) is 46.2 Å².